The molecule has 3 aromatic carbocycles. The number of carbonyl (C=O) groups excluding carboxylic acids is 2. The molecule has 1 unspecified atom stereocenters. The number of anilines is 1. The lowest BCUT2D eigenvalue weighted by Gasteiger charge is -2.17. The van der Waals surface area contributed by atoms with Gasteiger partial charge < -0.3 is 24.8 Å². The maximum Gasteiger partial charge on any atom is 0.228 e. The number of methoxy groups -OCH3 is 1. The third-order valence-electron chi connectivity index (χ3n) is 7.67. The lowest BCUT2D eigenvalue weighted by molar-refractivity contribution is -0.115. The van der Waals surface area contributed by atoms with E-state index in [1.165, 1.54) is 6.42 Å². The summed E-state index contributed by atoms with van der Waals surface area (Å²) in [6, 6.07) is 25.2. The van der Waals surface area contributed by atoms with Crippen LogP contribution in [0.5, 0.6) is 11.5 Å². The number of carbonyl (C=O) groups is 2. The van der Waals surface area contributed by atoms with Crippen LogP contribution in [0.2, 0.25) is 0 Å². The van der Waals surface area contributed by atoms with E-state index in [1.807, 2.05) is 79.8 Å². The molecule has 46 heavy (non-hydrogen) atoms. The fourth-order valence-electron chi connectivity index (χ4n) is 5.16. The third kappa shape index (κ3) is 9.25. The van der Waals surface area contributed by atoms with Crippen molar-refractivity contribution in [3.63, 3.8) is 0 Å². The number of nitrogens with one attached hydrogen (secondary N) is 2. The fourth-order valence-corrected chi connectivity index (χ4v) is 5.16. The number of aldehydes is 1. The second-order valence-electron chi connectivity index (χ2n) is 11.6. The van der Waals surface area contributed by atoms with Gasteiger partial charge in [-0.25, -0.2) is 4.98 Å². The fraction of sp³-hybridized carbons (Fsp3) is 0.342. The summed E-state index contributed by atoms with van der Waals surface area (Å²) >= 11 is 0. The van der Waals surface area contributed by atoms with Gasteiger partial charge in [-0.15, -0.1) is 0 Å². The predicted octanol–water partition coefficient (Wildman–Crippen LogP) is 7.21. The average molecular weight is 624 g/mol. The molecule has 5 rings (SSSR count). The van der Waals surface area contributed by atoms with Crippen molar-refractivity contribution in [3.05, 3.63) is 84.4 Å². The summed E-state index contributed by atoms with van der Waals surface area (Å²) in [4.78, 5) is 28.7. The lowest BCUT2D eigenvalue weighted by atomic mass is 9.92. The number of para-hydroxylation sites is 1. The summed E-state index contributed by atoms with van der Waals surface area (Å²) in [5, 5.41) is 6.12. The van der Waals surface area contributed by atoms with Crippen LogP contribution in [0, 0.1) is 5.92 Å². The number of pyridine rings is 1. The van der Waals surface area contributed by atoms with Gasteiger partial charge in [0.25, 0.3) is 0 Å². The molecule has 2 heterocycles. The Balaban J connectivity index is 0.000000342. The van der Waals surface area contributed by atoms with Crippen molar-refractivity contribution in [1.29, 1.82) is 0 Å². The Labute approximate surface area is 272 Å². The van der Waals surface area contributed by atoms with E-state index in [0.717, 1.165) is 70.4 Å². The molecule has 0 fully saturated rings. The number of nitrogens with zero attached hydrogens (tertiary/aromatic N) is 1. The molecule has 1 atom stereocenters. The molecule has 242 valence electrons. The van der Waals surface area contributed by atoms with Gasteiger partial charge in [-0.05, 0) is 80.2 Å². The van der Waals surface area contributed by atoms with Crippen molar-refractivity contribution in [1.82, 2.24) is 10.3 Å². The second kappa shape index (κ2) is 17.2. The molecule has 2 N–H and O–H groups in total. The molecule has 1 aliphatic rings. The quantitative estimate of drug-likeness (QED) is 0.152. The summed E-state index contributed by atoms with van der Waals surface area (Å²) < 4.78 is 16.6. The average Bonchev–Trinajstić information content (AvgIpc) is 3.21. The van der Waals surface area contributed by atoms with Crippen molar-refractivity contribution in [3.8, 4) is 45.1 Å². The van der Waals surface area contributed by atoms with Crippen LogP contribution in [0.25, 0.3) is 33.6 Å². The topological polar surface area (TPSA) is 98.8 Å². The van der Waals surface area contributed by atoms with Gasteiger partial charge >= 0.3 is 0 Å². The molecule has 1 aliphatic heterocycles. The smallest absolute Gasteiger partial charge is 0.228 e. The SMILES string of the molecule is CNCCC(C)OCCC(C)C.COc1ccc(-c2cc(-c3ccccc3)nc3c2CC(=O)Nc2ccccc2-3)cc1OCC=O. The van der Waals surface area contributed by atoms with E-state index in [-0.39, 0.29) is 18.9 Å². The van der Waals surface area contributed by atoms with Gasteiger partial charge in [-0.1, -0.05) is 68.4 Å². The normalized spacial score (nSPS) is 12.5. The highest BCUT2D eigenvalue weighted by Crippen LogP contribution is 2.41. The molecule has 0 spiro atoms. The zero-order chi connectivity index (χ0) is 32.9. The Kier molecular flexibility index (Phi) is 12.9. The van der Waals surface area contributed by atoms with Gasteiger partial charge in [0.1, 0.15) is 6.61 Å². The molecule has 0 bridgehead atoms. The van der Waals surface area contributed by atoms with E-state index >= 15 is 0 Å². The van der Waals surface area contributed by atoms with Crippen LogP contribution in [0.1, 0.15) is 39.2 Å². The summed E-state index contributed by atoms with van der Waals surface area (Å²) in [7, 11) is 3.52. The van der Waals surface area contributed by atoms with Crippen LogP contribution in [0.3, 0.4) is 0 Å². The van der Waals surface area contributed by atoms with Crippen LogP contribution in [0.15, 0.2) is 78.9 Å². The molecular formula is C38H45N3O5. The number of amides is 1. The third-order valence-corrected chi connectivity index (χ3v) is 7.67. The zero-order valence-corrected chi connectivity index (χ0v) is 27.5. The number of aromatic nitrogens is 1. The molecule has 0 saturated heterocycles. The van der Waals surface area contributed by atoms with Crippen molar-refractivity contribution in [2.45, 2.75) is 46.1 Å². The van der Waals surface area contributed by atoms with Crippen molar-refractivity contribution in [2.24, 2.45) is 5.92 Å². The molecule has 1 aromatic heterocycles. The molecule has 8 heteroatoms. The first-order chi connectivity index (χ1) is 22.3. The summed E-state index contributed by atoms with van der Waals surface area (Å²) in [6.45, 7) is 8.45. The zero-order valence-electron chi connectivity index (χ0n) is 27.5. The molecule has 0 radical (unpaired) electrons. The van der Waals surface area contributed by atoms with E-state index in [9.17, 15) is 9.59 Å². The van der Waals surface area contributed by atoms with Gasteiger partial charge in [-0.2, -0.15) is 0 Å². The first-order valence-electron chi connectivity index (χ1n) is 15.8. The van der Waals surface area contributed by atoms with E-state index in [4.69, 9.17) is 19.2 Å². The van der Waals surface area contributed by atoms with Crippen molar-refractivity contribution < 1.29 is 23.8 Å². The maximum atomic E-state index is 12.8. The summed E-state index contributed by atoms with van der Waals surface area (Å²) in [6.07, 6.45) is 3.55. The number of rotatable bonds is 13. The molecular weight excluding hydrogens is 578 g/mol. The highest BCUT2D eigenvalue weighted by atomic mass is 16.5. The number of hydrogen-bond donors (Lipinski definition) is 2. The van der Waals surface area contributed by atoms with Gasteiger partial charge in [-0.3, -0.25) is 9.59 Å². The molecule has 4 aromatic rings. The Morgan fingerprint density at radius 3 is 2.39 bits per heavy atom. The van der Waals surface area contributed by atoms with Crippen molar-refractivity contribution >= 4 is 17.9 Å². The van der Waals surface area contributed by atoms with Gasteiger partial charge in [0.2, 0.25) is 5.91 Å². The molecule has 8 nitrogen and oxygen atoms in total. The highest BCUT2D eigenvalue weighted by molar-refractivity contribution is 6.02. The molecule has 1 amide bonds. The molecule has 0 saturated carbocycles. The van der Waals surface area contributed by atoms with Crippen LogP contribution in [-0.2, 0) is 20.7 Å². The van der Waals surface area contributed by atoms with Gasteiger partial charge in [0.15, 0.2) is 17.8 Å². The number of fused-ring (bicyclic) bond motifs is 3. The number of benzene rings is 3. The Morgan fingerprint density at radius 1 is 0.913 bits per heavy atom. The van der Waals surface area contributed by atoms with E-state index < -0.39 is 0 Å². The number of ether oxygens (including phenoxy) is 3. The Hall–Kier alpha value is -4.53. The monoisotopic (exact) mass is 623 g/mol. The minimum Gasteiger partial charge on any atom is -0.493 e. The highest BCUT2D eigenvalue weighted by Gasteiger charge is 2.25. The van der Waals surface area contributed by atoms with Crippen LogP contribution in [-0.4, -0.2) is 57.2 Å². The largest absolute Gasteiger partial charge is 0.493 e. The lowest BCUT2D eigenvalue weighted by Crippen LogP contribution is -2.18. The Bertz CT molecular complexity index is 1590. The van der Waals surface area contributed by atoms with E-state index in [1.54, 1.807) is 13.2 Å². The first-order valence-corrected chi connectivity index (χ1v) is 15.8. The van der Waals surface area contributed by atoms with Crippen LogP contribution < -0.4 is 20.1 Å². The number of hydrogen-bond acceptors (Lipinski definition) is 7. The van der Waals surface area contributed by atoms with E-state index in [2.05, 4.69) is 31.4 Å². The predicted molar refractivity (Wildman–Crippen MR) is 184 cm³/mol. The summed E-state index contributed by atoms with van der Waals surface area (Å²) in [5.41, 5.74) is 6.67. The summed E-state index contributed by atoms with van der Waals surface area (Å²) in [5.74, 6) is 1.63. The maximum absolute atomic E-state index is 12.8. The van der Waals surface area contributed by atoms with E-state index in [0.29, 0.717) is 23.9 Å². The van der Waals surface area contributed by atoms with Gasteiger partial charge in [0.05, 0.1) is 36.7 Å². The van der Waals surface area contributed by atoms with Crippen LogP contribution in [0.4, 0.5) is 5.69 Å². The Morgan fingerprint density at radius 2 is 1.67 bits per heavy atom. The minimum atomic E-state index is -0.104. The van der Waals surface area contributed by atoms with Gasteiger partial charge in [0, 0.05) is 17.7 Å². The minimum absolute atomic E-state index is 0.0840. The first kappa shape index (κ1) is 34.3. The second-order valence-corrected chi connectivity index (χ2v) is 11.6. The standard InChI is InChI=1S/C28H22N2O4.C10H23NO/c1-33-25-12-11-19(15-26(25)34-14-13-31)21-16-24(18-7-3-2-4-8-18)30-28-20-9-5-6-10-23(20)29-27(32)17-22(21)28;1-9(2)6-8-12-10(3)5-7-11-4/h2-13,15-16H,14,17H2,1H3,(H,29,32);9-11H,5-8H2,1-4H3. The van der Waals surface area contributed by atoms with Crippen molar-refractivity contribution in [2.75, 3.05) is 39.2 Å². The van der Waals surface area contributed by atoms with Crippen LogP contribution >= 0.6 is 0 Å². The molecule has 0 aliphatic carbocycles.